The number of carbonyl (C=O) groups excluding carboxylic acids is 3. The average molecular weight is 479 g/mol. The molecule has 0 saturated carbocycles. The van der Waals surface area contributed by atoms with Crippen LogP contribution in [0.15, 0.2) is 72.8 Å². The van der Waals surface area contributed by atoms with Crippen LogP contribution in [0.25, 0.3) is 0 Å². The molecule has 7 nitrogen and oxygen atoms in total. The predicted octanol–water partition coefficient (Wildman–Crippen LogP) is 2.88. The van der Waals surface area contributed by atoms with Gasteiger partial charge >= 0.3 is 5.97 Å². The van der Waals surface area contributed by atoms with Crippen molar-refractivity contribution in [2.45, 2.75) is 32.2 Å². The lowest BCUT2D eigenvalue weighted by molar-refractivity contribution is -0.148. The molecule has 1 aliphatic rings. The van der Waals surface area contributed by atoms with Crippen molar-refractivity contribution in [2.24, 2.45) is 11.8 Å². The highest BCUT2D eigenvalue weighted by Crippen LogP contribution is 2.18. The van der Waals surface area contributed by atoms with Gasteiger partial charge in [0.25, 0.3) is 0 Å². The zero-order valence-corrected chi connectivity index (χ0v) is 20.0. The van der Waals surface area contributed by atoms with Gasteiger partial charge in [0, 0.05) is 19.5 Å². The van der Waals surface area contributed by atoms with Gasteiger partial charge in [-0.25, -0.2) is 0 Å². The summed E-state index contributed by atoms with van der Waals surface area (Å²) >= 11 is 0. The number of aliphatic hydroxyl groups is 1. The molecule has 0 unspecified atom stereocenters. The van der Waals surface area contributed by atoms with Crippen LogP contribution in [-0.2, 0) is 32.1 Å². The molecule has 0 bridgehead atoms. The molecule has 7 heteroatoms. The minimum atomic E-state index is -0.543. The normalized spacial score (nSPS) is 19.1. The first-order valence-corrected chi connectivity index (χ1v) is 12.1. The zero-order chi connectivity index (χ0) is 24.9. The fraction of sp³-hybridized carbons (Fsp3) is 0.393. The molecule has 1 heterocycles. The summed E-state index contributed by atoms with van der Waals surface area (Å²) in [4.78, 5) is 40.0. The summed E-state index contributed by atoms with van der Waals surface area (Å²) < 4.78 is 5.41. The number of carbonyl (C=O) groups is 3. The van der Waals surface area contributed by atoms with Crippen molar-refractivity contribution >= 4 is 17.8 Å². The molecular weight excluding hydrogens is 444 g/mol. The maximum absolute atomic E-state index is 13.1. The quantitative estimate of drug-likeness (QED) is 0.449. The van der Waals surface area contributed by atoms with Gasteiger partial charge < -0.3 is 20.1 Å². The molecular formula is C28H34N2O5. The Bertz CT molecular complexity index is 977. The summed E-state index contributed by atoms with van der Waals surface area (Å²) in [6.07, 6.45) is 5.28. The summed E-state index contributed by atoms with van der Waals surface area (Å²) in [6, 6.07) is 19.4. The van der Waals surface area contributed by atoms with E-state index in [-0.39, 0.29) is 56.4 Å². The van der Waals surface area contributed by atoms with Crippen molar-refractivity contribution in [2.75, 3.05) is 26.3 Å². The Kier molecular flexibility index (Phi) is 10.5. The van der Waals surface area contributed by atoms with Crippen LogP contribution in [0.4, 0.5) is 0 Å². The Labute approximate surface area is 206 Å². The maximum atomic E-state index is 13.1. The third kappa shape index (κ3) is 8.68. The summed E-state index contributed by atoms with van der Waals surface area (Å²) in [5.74, 6) is -1.56. The number of esters is 1. The van der Waals surface area contributed by atoms with Gasteiger partial charge in [0.2, 0.25) is 11.8 Å². The van der Waals surface area contributed by atoms with E-state index < -0.39 is 5.92 Å². The number of aliphatic hydroxyl groups excluding tert-OH is 1. The van der Waals surface area contributed by atoms with Crippen molar-refractivity contribution in [1.29, 1.82) is 0 Å². The molecule has 35 heavy (non-hydrogen) atoms. The van der Waals surface area contributed by atoms with Gasteiger partial charge in [0.05, 0.1) is 25.0 Å². The summed E-state index contributed by atoms with van der Waals surface area (Å²) in [6.45, 7) is 0.715. The predicted molar refractivity (Wildman–Crippen MR) is 133 cm³/mol. The largest absolute Gasteiger partial charge is 0.464 e. The van der Waals surface area contributed by atoms with Crippen LogP contribution in [0, 0.1) is 11.8 Å². The Balaban J connectivity index is 1.65. The third-order valence-corrected chi connectivity index (χ3v) is 6.04. The number of nitrogens with one attached hydrogen (secondary N) is 1. The summed E-state index contributed by atoms with van der Waals surface area (Å²) in [5, 5.41) is 12.2. The van der Waals surface area contributed by atoms with Crippen LogP contribution in [0.2, 0.25) is 0 Å². The van der Waals surface area contributed by atoms with Crippen LogP contribution in [0.1, 0.15) is 30.4 Å². The Morgan fingerprint density at radius 3 is 2.23 bits per heavy atom. The number of rotatable bonds is 8. The Hall–Kier alpha value is -3.45. The molecule has 2 atom stereocenters. The van der Waals surface area contributed by atoms with E-state index in [0.29, 0.717) is 25.8 Å². The number of allylic oxidation sites excluding steroid dienone is 2. The van der Waals surface area contributed by atoms with Crippen LogP contribution in [0.3, 0.4) is 0 Å². The monoisotopic (exact) mass is 478 g/mol. The summed E-state index contributed by atoms with van der Waals surface area (Å²) in [5.41, 5.74) is 2.03. The third-order valence-electron chi connectivity index (χ3n) is 6.04. The van der Waals surface area contributed by atoms with E-state index >= 15 is 0 Å². The van der Waals surface area contributed by atoms with Crippen molar-refractivity contribution in [3.8, 4) is 0 Å². The van der Waals surface area contributed by atoms with Gasteiger partial charge in [0.1, 0.15) is 6.61 Å². The Morgan fingerprint density at radius 2 is 1.57 bits per heavy atom. The lowest BCUT2D eigenvalue weighted by atomic mass is 9.94. The maximum Gasteiger partial charge on any atom is 0.309 e. The molecule has 1 aliphatic heterocycles. The van der Waals surface area contributed by atoms with Crippen molar-refractivity contribution in [3.05, 3.63) is 83.9 Å². The first kappa shape index (κ1) is 26.2. The van der Waals surface area contributed by atoms with Gasteiger partial charge in [-0.15, -0.1) is 0 Å². The smallest absolute Gasteiger partial charge is 0.309 e. The number of nitrogens with zero attached hydrogens (tertiary/aromatic N) is 1. The molecule has 0 saturated heterocycles. The van der Waals surface area contributed by atoms with Gasteiger partial charge in [-0.05, 0) is 30.4 Å². The van der Waals surface area contributed by atoms with Gasteiger partial charge in [-0.2, -0.15) is 0 Å². The van der Waals surface area contributed by atoms with Crippen molar-refractivity contribution in [3.63, 3.8) is 0 Å². The first-order valence-electron chi connectivity index (χ1n) is 12.1. The molecule has 2 amide bonds. The SMILES string of the molecule is O=C1NCCOC(=O)[C@H](Cc2ccccc2)CC=CC[C@@H]1CC(=O)N(CCO)Cc1ccccc1. The minimum absolute atomic E-state index is 0.0379. The van der Waals surface area contributed by atoms with E-state index in [9.17, 15) is 19.5 Å². The molecule has 0 radical (unpaired) electrons. The van der Waals surface area contributed by atoms with Gasteiger partial charge in [0.15, 0.2) is 0 Å². The molecule has 0 spiro atoms. The second kappa shape index (κ2) is 14.1. The number of hydrogen-bond acceptors (Lipinski definition) is 5. The number of amides is 2. The second-order valence-electron chi connectivity index (χ2n) is 8.71. The Morgan fingerprint density at radius 1 is 0.943 bits per heavy atom. The van der Waals surface area contributed by atoms with Crippen LogP contribution in [-0.4, -0.2) is 54.1 Å². The number of ether oxygens (including phenoxy) is 1. The van der Waals surface area contributed by atoms with E-state index in [1.807, 2.05) is 72.8 Å². The number of benzene rings is 2. The molecule has 0 fully saturated rings. The van der Waals surface area contributed by atoms with E-state index in [1.165, 1.54) is 0 Å². The van der Waals surface area contributed by atoms with Gasteiger partial charge in [-0.1, -0.05) is 72.8 Å². The lowest BCUT2D eigenvalue weighted by Gasteiger charge is -2.24. The molecule has 186 valence electrons. The van der Waals surface area contributed by atoms with E-state index in [4.69, 9.17) is 4.74 Å². The molecule has 2 N–H and O–H groups in total. The zero-order valence-electron chi connectivity index (χ0n) is 20.0. The van der Waals surface area contributed by atoms with Crippen LogP contribution < -0.4 is 5.32 Å². The second-order valence-corrected chi connectivity index (χ2v) is 8.71. The molecule has 2 aromatic rings. The van der Waals surface area contributed by atoms with Crippen LogP contribution >= 0.6 is 0 Å². The molecule has 3 rings (SSSR count). The summed E-state index contributed by atoms with van der Waals surface area (Å²) in [7, 11) is 0. The molecule has 0 aliphatic carbocycles. The molecule has 0 aromatic heterocycles. The van der Waals surface area contributed by atoms with E-state index in [2.05, 4.69) is 5.32 Å². The fourth-order valence-corrected chi connectivity index (χ4v) is 4.11. The highest BCUT2D eigenvalue weighted by atomic mass is 16.5. The van der Waals surface area contributed by atoms with E-state index in [1.54, 1.807) is 4.90 Å². The first-order chi connectivity index (χ1) is 17.1. The lowest BCUT2D eigenvalue weighted by Crippen LogP contribution is -2.39. The average Bonchev–Trinajstić information content (AvgIpc) is 2.87. The van der Waals surface area contributed by atoms with Crippen LogP contribution in [0.5, 0.6) is 0 Å². The standard InChI is InChI=1S/C28H34N2O5/c31-17-16-30(21-23-11-5-2-6-12-23)26(32)20-24-13-7-8-14-25(19-22-9-3-1-4-10-22)28(34)35-18-15-29-27(24)33/h1-12,24-25,31H,13-21H2,(H,29,33)/t24-,25+/m1/s1. The topological polar surface area (TPSA) is 95.9 Å². The highest BCUT2D eigenvalue weighted by Gasteiger charge is 2.25. The molecule has 2 aromatic carbocycles. The highest BCUT2D eigenvalue weighted by molar-refractivity contribution is 5.86. The van der Waals surface area contributed by atoms with E-state index in [0.717, 1.165) is 11.1 Å². The number of hydrogen-bond donors (Lipinski definition) is 2. The van der Waals surface area contributed by atoms with Crippen molar-refractivity contribution in [1.82, 2.24) is 10.2 Å². The van der Waals surface area contributed by atoms with Gasteiger partial charge in [-0.3, -0.25) is 14.4 Å². The number of cyclic esters (lactones) is 1. The minimum Gasteiger partial charge on any atom is -0.464 e. The fourth-order valence-electron chi connectivity index (χ4n) is 4.11. The van der Waals surface area contributed by atoms with Crippen molar-refractivity contribution < 1.29 is 24.2 Å².